The van der Waals surface area contributed by atoms with E-state index in [1.165, 1.54) is 96.1 Å². The number of carbonyl (C=O) groups is 12. The molecule has 0 aliphatic carbocycles. The number of ketones is 1. The number of hydrogen-bond acceptors (Lipinski definition) is 24. The number of benzene rings is 11. The Labute approximate surface area is 869 Å². The van der Waals surface area contributed by atoms with Crippen molar-refractivity contribution in [1.82, 2.24) is 31.3 Å². The summed E-state index contributed by atoms with van der Waals surface area (Å²) in [5, 5.41) is 28.3. The Morgan fingerprint density at radius 1 is 0.309 bits per heavy atom. The van der Waals surface area contributed by atoms with Gasteiger partial charge in [-0.25, -0.2) is 22.8 Å². The van der Waals surface area contributed by atoms with E-state index >= 15 is 0 Å². The van der Waals surface area contributed by atoms with Crippen LogP contribution in [0.5, 0.6) is 51.7 Å². The van der Waals surface area contributed by atoms with Crippen LogP contribution in [0.2, 0.25) is 0 Å². The molecule has 0 aliphatic heterocycles. The second-order valence-electron chi connectivity index (χ2n) is 35.1. The highest BCUT2D eigenvalue weighted by molar-refractivity contribution is 7.89. The van der Waals surface area contributed by atoms with Crippen molar-refractivity contribution in [2.75, 3.05) is 71.1 Å². The van der Waals surface area contributed by atoms with Gasteiger partial charge < -0.3 is 85.0 Å². The lowest BCUT2D eigenvalue weighted by molar-refractivity contribution is -0.125. The maximum absolute atomic E-state index is 13.2. The summed E-state index contributed by atoms with van der Waals surface area (Å²) in [4.78, 5) is 153. The summed E-state index contributed by atoms with van der Waals surface area (Å²) in [6.07, 6.45) is 18.5. The minimum absolute atomic E-state index is 0.0686. The van der Waals surface area contributed by atoms with E-state index in [-0.39, 0.29) is 85.4 Å². The first-order valence-corrected chi connectivity index (χ1v) is 51.4. The van der Waals surface area contributed by atoms with Gasteiger partial charge >= 0.3 is 17.9 Å². The lowest BCUT2D eigenvalue weighted by atomic mass is 10.0. The highest BCUT2D eigenvalue weighted by Gasteiger charge is 2.28. The van der Waals surface area contributed by atoms with Gasteiger partial charge in [0, 0.05) is 47.3 Å². The van der Waals surface area contributed by atoms with Crippen molar-refractivity contribution in [2.45, 2.75) is 174 Å². The molecule has 0 aliphatic rings. The van der Waals surface area contributed by atoms with E-state index in [4.69, 9.17) is 42.6 Å². The number of rotatable bonds is 56. The molecule has 1 unspecified atom stereocenters. The number of hydrogen-bond donors (Lipinski definition) is 9. The first kappa shape index (κ1) is 116. The molecule has 786 valence electrons. The zero-order valence-electron chi connectivity index (χ0n) is 85.3. The van der Waals surface area contributed by atoms with Crippen LogP contribution in [-0.4, -0.2) is 163 Å². The van der Waals surface area contributed by atoms with Crippen LogP contribution in [0.3, 0.4) is 0 Å². The Morgan fingerprint density at radius 2 is 0.557 bits per heavy atom. The number of anilines is 2. The van der Waals surface area contributed by atoms with Gasteiger partial charge in [0.15, 0.2) is 0 Å². The van der Waals surface area contributed by atoms with E-state index in [1.54, 1.807) is 245 Å². The summed E-state index contributed by atoms with van der Waals surface area (Å²) in [5.74, 6) is -1.12. The van der Waals surface area contributed by atoms with Gasteiger partial charge in [-0.2, -0.15) is 0 Å². The fourth-order valence-electron chi connectivity index (χ4n) is 14.7. The molecule has 9 N–H and O–H groups in total. The summed E-state index contributed by atoms with van der Waals surface area (Å²) in [5.41, 5.74) is 6.45. The molecule has 8 amide bonds. The van der Waals surface area contributed by atoms with E-state index in [9.17, 15) is 71.1 Å². The topological polar surface area (TPSA) is 439 Å². The Balaban J connectivity index is 0.000000250. The van der Waals surface area contributed by atoms with Crippen LogP contribution in [0.25, 0.3) is 0 Å². The molecular weight excluding hydrogens is 1920 g/mol. The molecule has 0 heterocycles. The molecule has 0 fully saturated rings. The summed E-state index contributed by atoms with van der Waals surface area (Å²) in [6.45, 7) is 12.9. The second-order valence-corrected chi connectivity index (χ2v) is 36.9. The van der Waals surface area contributed by atoms with Crippen LogP contribution in [0.15, 0.2) is 279 Å². The number of aliphatic hydroxyl groups excluding tert-OH is 1. The highest BCUT2D eigenvalue weighted by atomic mass is 32.2. The van der Waals surface area contributed by atoms with E-state index in [2.05, 4.69) is 64.6 Å². The molecule has 32 nitrogen and oxygen atoms in total. The van der Waals surface area contributed by atoms with Gasteiger partial charge in [0.05, 0.1) is 90.0 Å². The standard InChI is InChI=1S/C42H47N3O8.C40H45N3O9S.C34H40N2O7/c1-4-5-6-7-8-25-52-36-23-15-33(16-24-36)42(50)53-37-21-11-30(12-22-37)26-38(41(49)43-28-29(2)46)45-40(48)32-13-17-34(18-14-32)44-39(47)27-31-9-19-35(51-3)20-10-31;1-4-5-6-7-8-25-51-34-23-15-31(16-24-34)40(47)52-35-21-11-28(12-22-35)26-36(39(46)43-53(3,48)49)42-38(45)30-13-17-32(18-14-30)41-37(44)27-29-9-19-33(50-2)20-10-29;1-4-5-6-7-8-21-42-29-19-13-27(14-20-29)34(40)43-30-15-9-25(10-16-30)22-31(33(39)35-23-24(2)37)36-32(38)26-11-17-28(41-3)18-12-26/h9-24,38,46H,2,4-8,25-28H2,1,3H3,(H,43,49)(H,44,47)(H,45,48);9-24,36H,4-8,25-27H2,1-3H3,(H,41,44)(H,42,45)(H,43,46);9-20,31H,4-8,21-23H2,1-3H3,(H,35,39)(H,36,38)/t;36-;31-/m.00/s1. The lowest BCUT2D eigenvalue weighted by Gasteiger charge is -2.19. The maximum Gasteiger partial charge on any atom is 0.343 e. The third kappa shape index (κ3) is 43.0. The first-order chi connectivity index (χ1) is 71.8. The Morgan fingerprint density at radius 3 is 0.832 bits per heavy atom. The smallest absolute Gasteiger partial charge is 0.343 e. The zero-order chi connectivity index (χ0) is 107. The quantitative estimate of drug-likeness (QED) is 0.00740. The van der Waals surface area contributed by atoms with Crippen molar-refractivity contribution >= 4 is 92.3 Å². The van der Waals surface area contributed by atoms with E-state index in [0.717, 1.165) is 55.9 Å². The Bertz CT molecular complexity index is 6280. The molecule has 0 spiro atoms. The number of Topliss-reactive ketones (excluding diaryl/α,β-unsaturated/α-hetero) is 1. The van der Waals surface area contributed by atoms with Gasteiger partial charge in [0.2, 0.25) is 33.7 Å². The highest BCUT2D eigenvalue weighted by Crippen LogP contribution is 2.27. The maximum atomic E-state index is 13.2. The molecule has 3 atom stereocenters. The number of sulfonamides is 1. The van der Waals surface area contributed by atoms with Crippen molar-refractivity contribution in [3.05, 3.63) is 340 Å². The van der Waals surface area contributed by atoms with Crippen molar-refractivity contribution in [1.29, 1.82) is 0 Å². The van der Waals surface area contributed by atoms with E-state index in [0.29, 0.717) is 116 Å². The summed E-state index contributed by atoms with van der Waals surface area (Å²) in [6, 6.07) is 69.8. The molecule has 0 bridgehead atoms. The molecule has 0 saturated carbocycles. The molecule has 33 heteroatoms. The van der Waals surface area contributed by atoms with Gasteiger partial charge in [-0.3, -0.25) is 47.9 Å². The van der Waals surface area contributed by atoms with Crippen molar-refractivity contribution in [3.8, 4) is 51.7 Å². The number of esters is 3. The van der Waals surface area contributed by atoms with Crippen LogP contribution in [0, 0.1) is 0 Å². The normalized spacial score (nSPS) is 11.3. The average Bonchev–Trinajstić information content (AvgIpc) is 0.849. The predicted octanol–water partition coefficient (Wildman–Crippen LogP) is 18.1. The molecule has 0 saturated heterocycles. The average molecular weight is 2050 g/mol. The number of methoxy groups -OCH3 is 3. The minimum Gasteiger partial charge on any atom is -0.511 e. The summed E-state index contributed by atoms with van der Waals surface area (Å²) in [7, 11) is 0.737. The van der Waals surface area contributed by atoms with Crippen molar-refractivity contribution in [3.63, 3.8) is 0 Å². The monoisotopic (exact) mass is 2050 g/mol. The van der Waals surface area contributed by atoms with Crippen LogP contribution < -0.4 is 84.6 Å². The zero-order valence-corrected chi connectivity index (χ0v) is 86.1. The number of unbranched alkanes of at least 4 members (excludes halogenated alkanes) is 12. The van der Waals surface area contributed by atoms with Crippen LogP contribution in [0.1, 0.15) is 214 Å². The van der Waals surface area contributed by atoms with Gasteiger partial charge in [0.25, 0.3) is 23.6 Å². The molecule has 11 aromatic rings. The van der Waals surface area contributed by atoms with Gasteiger partial charge in [-0.1, -0.05) is 165 Å². The van der Waals surface area contributed by atoms with Crippen LogP contribution >= 0.6 is 0 Å². The Hall–Kier alpha value is -16.5. The molecular formula is C116H132N8O24S. The molecule has 149 heavy (non-hydrogen) atoms. The third-order valence-corrected chi connectivity index (χ3v) is 23.5. The molecule has 0 radical (unpaired) electrons. The van der Waals surface area contributed by atoms with E-state index < -0.39 is 81.5 Å². The number of amides is 8. The van der Waals surface area contributed by atoms with Crippen LogP contribution in [0.4, 0.5) is 11.4 Å². The number of nitrogens with one attached hydrogen (secondary N) is 8. The molecule has 0 aromatic heterocycles. The number of aliphatic hydroxyl groups is 1. The SMILES string of the molecule is C=C(O)CNC(=O)C(Cc1ccc(OC(=O)c2ccc(OCCCCCCC)cc2)cc1)NC(=O)c1ccc(NC(=O)Cc2ccc(OC)cc2)cc1.CCCCCCCOc1ccc(C(=O)Oc2ccc(C[C@H](NC(=O)c3ccc(NC(=O)Cc4ccc(OC)cc4)cc3)C(=O)NS(C)(=O)=O)cc2)cc1.CCCCCCCOc1ccc(C(=O)Oc2ccc(C[C@H](NC(=O)c3ccc(OC)cc3)C(=O)NCC(C)=O)cc2)cc1. The van der Waals surface area contributed by atoms with Gasteiger partial charge in [-0.05, 0) is 260 Å². The summed E-state index contributed by atoms with van der Waals surface area (Å²) < 4.78 is 74.9. The van der Waals surface area contributed by atoms with Gasteiger partial charge in [-0.15, -0.1) is 0 Å². The number of ether oxygens (including phenoxy) is 9. The largest absolute Gasteiger partial charge is 0.511 e. The third-order valence-electron chi connectivity index (χ3n) is 22.9. The van der Waals surface area contributed by atoms with Crippen LogP contribution in [-0.2, 0) is 70.9 Å². The summed E-state index contributed by atoms with van der Waals surface area (Å²) >= 11 is 0. The number of carbonyl (C=O) groups excluding carboxylic acids is 12. The van der Waals surface area contributed by atoms with E-state index in [1.807, 2.05) is 16.9 Å². The fourth-order valence-corrected chi connectivity index (χ4v) is 15.2. The predicted molar refractivity (Wildman–Crippen MR) is 569 cm³/mol. The first-order valence-electron chi connectivity index (χ1n) is 49.5. The van der Waals surface area contributed by atoms with Crippen molar-refractivity contribution in [2.24, 2.45) is 0 Å². The Kier molecular flexibility index (Phi) is 48.6. The van der Waals surface area contributed by atoms with Crippen molar-refractivity contribution < 1.29 is 114 Å². The van der Waals surface area contributed by atoms with Gasteiger partial charge in [0.1, 0.15) is 81.4 Å². The molecule has 11 aromatic carbocycles. The minimum atomic E-state index is -3.93. The molecule has 11 rings (SSSR count). The lowest BCUT2D eigenvalue weighted by Crippen LogP contribution is -2.49. The fraction of sp³-hybridized carbons (Fsp3) is 0.310. The second kappa shape index (κ2) is 62.4.